The highest BCUT2D eigenvalue weighted by molar-refractivity contribution is 5.81. The molecule has 0 aliphatic carbocycles. The van der Waals surface area contributed by atoms with Crippen molar-refractivity contribution in [1.82, 2.24) is 10.1 Å². The Balaban J connectivity index is 2.59. The number of amides is 1. The fourth-order valence-corrected chi connectivity index (χ4v) is 1.97. The van der Waals surface area contributed by atoms with E-state index in [2.05, 4.69) is 5.16 Å². The number of aromatic nitrogens is 1. The Labute approximate surface area is 112 Å². The molecule has 1 amide bonds. The maximum Gasteiger partial charge on any atom is 0.323 e. The predicted octanol–water partition coefficient (Wildman–Crippen LogP) is 1.55. The summed E-state index contributed by atoms with van der Waals surface area (Å²) in [4.78, 5) is 24.1. The number of nitrogens with zero attached hydrogens (tertiary/aromatic N) is 2. The highest BCUT2D eigenvalue weighted by Crippen LogP contribution is 2.15. The summed E-state index contributed by atoms with van der Waals surface area (Å²) in [6.07, 6.45) is 1.54. The van der Waals surface area contributed by atoms with E-state index in [1.807, 2.05) is 13.8 Å². The van der Waals surface area contributed by atoms with Crippen molar-refractivity contribution in [2.75, 3.05) is 13.1 Å². The molecule has 0 radical (unpaired) electrons. The maximum atomic E-state index is 12.0. The fraction of sp³-hybridized carbons (Fsp3) is 0.615. The highest BCUT2D eigenvalue weighted by atomic mass is 16.5. The third-order valence-electron chi connectivity index (χ3n) is 2.94. The molecule has 0 bridgehead atoms. The number of carbonyl (C=O) groups is 2. The summed E-state index contributed by atoms with van der Waals surface area (Å²) in [5.41, 5.74) is 1.71. The molecule has 1 heterocycles. The molecule has 0 saturated heterocycles. The predicted molar refractivity (Wildman–Crippen MR) is 68.8 cm³/mol. The second kappa shape index (κ2) is 6.92. The van der Waals surface area contributed by atoms with Gasteiger partial charge in [0.25, 0.3) is 0 Å². The smallest absolute Gasteiger partial charge is 0.323 e. The van der Waals surface area contributed by atoms with Crippen molar-refractivity contribution in [2.24, 2.45) is 0 Å². The molecule has 1 aromatic rings. The average molecular weight is 268 g/mol. The first-order chi connectivity index (χ1) is 8.95. The normalized spacial score (nSPS) is 10.5. The highest BCUT2D eigenvalue weighted by Gasteiger charge is 2.17. The van der Waals surface area contributed by atoms with Crippen LogP contribution in [0.3, 0.4) is 0 Å². The lowest BCUT2D eigenvalue weighted by molar-refractivity contribution is -0.144. The van der Waals surface area contributed by atoms with E-state index < -0.39 is 5.97 Å². The Bertz CT molecular complexity index is 434. The third-order valence-corrected chi connectivity index (χ3v) is 2.94. The average Bonchev–Trinajstić information content (AvgIpc) is 2.65. The molecule has 1 rings (SSSR count). The largest absolute Gasteiger partial charge is 0.480 e. The van der Waals surface area contributed by atoms with E-state index in [0.29, 0.717) is 18.7 Å². The molecule has 1 aromatic heterocycles. The first kappa shape index (κ1) is 15.2. The van der Waals surface area contributed by atoms with Gasteiger partial charge in [-0.15, -0.1) is 0 Å². The molecule has 1 N–H and O–H groups in total. The van der Waals surface area contributed by atoms with Crippen LogP contribution in [0.4, 0.5) is 0 Å². The third kappa shape index (κ3) is 4.39. The van der Waals surface area contributed by atoms with Crippen LogP contribution in [-0.2, 0) is 16.0 Å². The SMILES string of the molecule is CCCN(CC(=O)O)C(=O)CCc1c(C)noc1C. The molecule has 6 heteroatoms. The second-order valence-electron chi connectivity index (χ2n) is 4.51. The van der Waals surface area contributed by atoms with Crippen molar-refractivity contribution in [3.05, 3.63) is 17.0 Å². The summed E-state index contributed by atoms with van der Waals surface area (Å²) in [6.45, 7) is 5.77. The number of hydrogen-bond donors (Lipinski definition) is 1. The van der Waals surface area contributed by atoms with Gasteiger partial charge in [-0.25, -0.2) is 0 Å². The molecular weight excluding hydrogens is 248 g/mol. The molecule has 0 atom stereocenters. The van der Waals surface area contributed by atoms with Crippen LogP contribution in [0.1, 0.15) is 36.8 Å². The van der Waals surface area contributed by atoms with Gasteiger partial charge < -0.3 is 14.5 Å². The van der Waals surface area contributed by atoms with Gasteiger partial charge in [0.2, 0.25) is 5.91 Å². The summed E-state index contributed by atoms with van der Waals surface area (Å²) >= 11 is 0. The standard InChI is InChI=1S/C13H20N2O4/c1-4-7-15(8-13(17)18)12(16)6-5-11-9(2)14-19-10(11)3/h4-8H2,1-3H3,(H,17,18). The van der Waals surface area contributed by atoms with Crippen molar-refractivity contribution in [3.8, 4) is 0 Å². The number of hydrogen-bond acceptors (Lipinski definition) is 4. The zero-order valence-electron chi connectivity index (χ0n) is 11.6. The van der Waals surface area contributed by atoms with Crippen LogP contribution in [0, 0.1) is 13.8 Å². The molecule has 106 valence electrons. The van der Waals surface area contributed by atoms with Crippen LogP contribution in [0.25, 0.3) is 0 Å². The Kier molecular flexibility index (Phi) is 5.54. The Morgan fingerprint density at radius 3 is 2.53 bits per heavy atom. The second-order valence-corrected chi connectivity index (χ2v) is 4.51. The van der Waals surface area contributed by atoms with E-state index >= 15 is 0 Å². The van der Waals surface area contributed by atoms with Gasteiger partial charge in [0.1, 0.15) is 12.3 Å². The lowest BCUT2D eigenvalue weighted by Gasteiger charge is -2.19. The van der Waals surface area contributed by atoms with Gasteiger partial charge in [0, 0.05) is 18.5 Å². The lowest BCUT2D eigenvalue weighted by atomic mass is 10.1. The molecule has 19 heavy (non-hydrogen) atoms. The van der Waals surface area contributed by atoms with Crippen LogP contribution in [-0.4, -0.2) is 40.1 Å². The van der Waals surface area contributed by atoms with E-state index in [-0.39, 0.29) is 18.9 Å². The van der Waals surface area contributed by atoms with Gasteiger partial charge in [0.15, 0.2) is 0 Å². The topological polar surface area (TPSA) is 83.6 Å². The van der Waals surface area contributed by atoms with Crippen LogP contribution in [0.15, 0.2) is 4.52 Å². The van der Waals surface area contributed by atoms with Gasteiger partial charge in [-0.1, -0.05) is 12.1 Å². The Morgan fingerprint density at radius 1 is 1.37 bits per heavy atom. The molecule has 0 aliphatic heterocycles. The van der Waals surface area contributed by atoms with Crippen molar-refractivity contribution >= 4 is 11.9 Å². The van der Waals surface area contributed by atoms with Gasteiger partial charge in [0.05, 0.1) is 5.69 Å². The Hall–Kier alpha value is -1.85. The van der Waals surface area contributed by atoms with Crippen LogP contribution >= 0.6 is 0 Å². The monoisotopic (exact) mass is 268 g/mol. The van der Waals surface area contributed by atoms with Crippen LogP contribution in [0.5, 0.6) is 0 Å². The summed E-state index contributed by atoms with van der Waals surface area (Å²) in [5.74, 6) is -0.422. The van der Waals surface area contributed by atoms with Gasteiger partial charge in [-0.05, 0) is 26.7 Å². The zero-order chi connectivity index (χ0) is 14.4. The molecule has 0 saturated carbocycles. The minimum atomic E-state index is -0.987. The molecule has 0 unspecified atom stereocenters. The Morgan fingerprint density at radius 2 is 2.05 bits per heavy atom. The van der Waals surface area contributed by atoms with Gasteiger partial charge in [-0.3, -0.25) is 9.59 Å². The van der Waals surface area contributed by atoms with E-state index in [1.165, 1.54) is 4.90 Å². The maximum absolute atomic E-state index is 12.0. The van der Waals surface area contributed by atoms with Crippen molar-refractivity contribution < 1.29 is 19.2 Å². The molecule has 0 fully saturated rings. The quantitative estimate of drug-likeness (QED) is 0.811. The molecule has 0 aliphatic rings. The van der Waals surface area contributed by atoms with Crippen molar-refractivity contribution in [2.45, 2.75) is 40.0 Å². The first-order valence-corrected chi connectivity index (χ1v) is 6.37. The molecule has 0 aromatic carbocycles. The number of aliphatic carboxylic acids is 1. The number of aryl methyl sites for hydroxylation is 2. The van der Waals surface area contributed by atoms with Crippen LogP contribution in [0.2, 0.25) is 0 Å². The van der Waals surface area contributed by atoms with E-state index in [4.69, 9.17) is 9.63 Å². The van der Waals surface area contributed by atoms with E-state index in [0.717, 1.165) is 17.7 Å². The van der Waals surface area contributed by atoms with Gasteiger partial charge >= 0.3 is 5.97 Å². The minimum absolute atomic E-state index is 0.149. The number of carboxylic acids is 1. The zero-order valence-corrected chi connectivity index (χ0v) is 11.6. The first-order valence-electron chi connectivity index (χ1n) is 6.37. The summed E-state index contributed by atoms with van der Waals surface area (Å²) in [5, 5.41) is 12.6. The van der Waals surface area contributed by atoms with Crippen molar-refractivity contribution in [3.63, 3.8) is 0 Å². The fourth-order valence-electron chi connectivity index (χ4n) is 1.97. The molecule has 0 spiro atoms. The van der Waals surface area contributed by atoms with Gasteiger partial charge in [-0.2, -0.15) is 0 Å². The minimum Gasteiger partial charge on any atom is -0.480 e. The number of carboxylic acid groups (broad SMARTS) is 1. The summed E-state index contributed by atoms with van der Waals surface area (Å²) in [6, 6.07) is 0. The van der Waals surface area contributed by atoms with Crippen LogP contribution < -0.4 is 0 Å². The summed E-state index contributed by atoms with van der Waals surface area (Å²) < 4.78 is 5.03. The number of rotatable bonds is 7. The van der Waals surface area contributed by atoms with E-state index in [1.54, 1.807) is 6.92 Å². The van der Waals surface area contributed by atoms with E-state index in [9.17, 15) is 9.59 Å². The lowest BCUT2D eigenvalue weighted by Crippen LogP contribution is -2.36. The summed E-state index contributed by atoms with van der Waals surface area (Å²) in [7, 11) is 0. The molecular formula is C13H20N2O4. The van der Waals surface area contributed by atoms with Crippen molar-refractivity contribution in [1.29, 1.82) is 0 Å². The molecule has 6 nitrogen and oxygen atoms in total. The number of carbonyl (C=O) groups excluding carboxylic acids is 1.